The summed E-state index contributed by atoms with van der Waals surface area (Å²) in [5, 5.41) is 11.6. The van der Waals surface area contributed by atoms with E-state index in [0.717, 1.165) is 98.1 Å². The van der Waals surface area contributed by atoms with Gasteiger partial charge in [-0.1, -0.05) is 43.0 Å². The normalized spacial score (nSPS) is 12.3. The van der Waals surface area contributed by atoms with Crippen LogP contribution in [0.4, 0.5) is 46.0 Å². The Balaban J connectivity index is 0.000000192. The molecular formula is C60H72Cl2N14O4. The molecule has 0 saturated heterocycles. The van der Waals surface area contributed by atoms with Gasteiger partial charge in [0.15, 0.2) is 0 Å². The van der Waals surface area contributed by atoms with Crippen LogP contribution in [-0.4, -0.2) is 139 Å². The Labute approximate surface area is 478 Å². The Bertz CT molecular complexity index is 3490. The molecule has 0 spiro atoms. The molecule has 0 atom stereocenters. The van der Waals surface area contributed by atoms with Crippen molar-refractivity contribution >= 4 is 102 Å². The summed E-state index contributed by atoms with van der Waals surface area (Å²) in [6, 6.07) is 24.5. The van der Waals surface area contributed by atoms with Crippen LogP contribution in [0, 0.1) is 0 Å². The van der Waals surface area contributed by atoms with Gasteiger partial charge in [0.1, 0.15) is 11.5 Å². The highest BCUT2D eigenvalue weighted by molar-refractivity contribution is 6.63. The van der Waals surface area contributed by atoms with Crippen LogP contribution >= 0.6 is 23.2 Å². The third kappa shape index (κ3) is 13.9. The van der Waals surface area contributed by atoms with E-state index in [1.165, 1.54) is 45.4 Å². The summed E-state index contributed by atoms with van der Waals surface area (Å²) in [5.41, 5.74) is 20.2. The van der Waals surface area contributed by atoms with Gasteiger partial charge in [-0.3, -0.25) is 9.59 Å². The molecule has 0 bridgehead atoms. The standard InChI is InChI=1S/C30H35N7O2.C27H33N7O.C3H4Cl2O/c1-6-28(38)32-24-17-25(27(39-5)18-26(24)36(4)16-15-35(2)3)34-30-31-13-12-23(33-30)22-19-37-14-8-10-20-9-7-11-21(22)29(20)37;1-32(2)13-14-33(3)24-16-25(35-4)23(15-21(24)28)31-27-29-11-10-22(30-27)20-17-34-12-6-8-18-7-5-9-19(20)26(18)34;4-2-1-3(5)6/h6-7,9,11-13,17-19H,1,8,10,14-16H2,2-5H3,(H,32,38)(H,31,33,34);5,7,9-11,15-17H,6,8,12-14,28H2,1-4H3,(H,29,30,31);1-2H2. The number of aromatic nitrogens is 6. The van der Waals surface area contributed by atoms with Gasteiger partial charge < -0.3 is 59.9 Å². The Morgan fingerprint density at radius 3 is 1.62 bits per heavy atom. The quantitative estimate of drug-likeness (QED) is 0.0244. The van der Waals surface area contributed by atoms with Crippen molar-refractivity contribution in [2.75, 3.05) is 120 Å². The van der Waals surface area contributed by atoms with Crippen molar-refractivity contribution in [3.8, 4) is 34.0 Å². The summed E-state index contributed by atoms with van der Waals surface area (Å²) in [7, 11) is 15.5. The van der Waals surface area contributed by atoms with Crippen molar-refractivity contribution in [1.29, 1.82) is 0 Å². The van der Waals surface area contributed by atoms with E-state index in [1.807, 2.05) is 64.6 Å². The number of methoxy groups -OCH3 is 2. The minimum Gasteiger partial charge on any atom is -0.494 e. The van der Waals surface area contributed by atoms with Gasteiger partial charge >= 0.3 is 0 Å². The molecule has 420 valence electrons. The number of ether oxygens (including phenoxy) is 2. The topological polar surface area (TPSA) is 189 Å². The predicted molar refractivity (Wildman–Crippen MR) is 328 cm³/mol. The lowest BCUT2D eigenvalue weighted by molar-refractivity contribution is -0.112. The number of anilines is 8. The summed E-state index contributed by atoms with van der Waals surface area (Å²) >= 11 is 9.95. The maximum Gasteiger partial charge on any atom is 0.247 e. The van der Waals surface area contributed by atoms with Crippen molar-refractivity contribution < 1.29 is 19.1 Å². The van der Waals surface area contributed by atoms with E-state index in [1.54, 1.807) is 26.6 Å². The molecule has 0 unspecified atom stereocenters. The Morgan fingerprint density at radius 1 is 0.688 bits per heavy atom. The lowest BCUT2D eigenvalue weighted by atomic mass is 10.0. The third-order valence-corrected chi connectivity index (χ3v) is 14.4. The largest absolute Gasteiger partial charge is 0.494 e. The van der Waals surface area contributed by atoms with Crippen LogP contribution in [-0.2, 0) is 35.5 Å². The number of benzene rings is 4. The molecule has 2 aliphatic rings. The van der Waals surface area contributed by atoms with Gasteiger partial charge in [-0.15, -0.1) is 11.6 Å². The number of nitrogens with zero attached hydrogens (tertiary/aromatic N) is 10. The first-order chi connectivity index (χ1) is 38.6. The molecule has 5 N–H and O–H groups in total. The molecule has 0 saturated carbocycles. The highest BCUT2D eigenvalue weighted by Gasteiger charge is 2.22. The van der Waals surface area contributed by atoms with Crippen LogP contribution in [0.5, 0.6) is 11.5 Å². The number of carbonyl (C=O) groups is 2. The Hall–Kier alpha value is -7.90. The summed E-state index contributed by atoms with van der Waals surface area (Å²) in [5.74, 6) is 2.27. The van der Waals surface area contributed by atoms with E-state index >= 15 is 0 Å². The number of carbonyl (C=O) groups excluding carboxylic acids is 2. The predicted octanol–water partition coefficient (Wildman–Crippen LogP) is 10.7. The summed E-state index contributed by atoms with van der Waals surface area (Å²) in [4.78, 5) is 49.1. The third-order valence-electron chi connectivity index (χ3n) is 14.0. The van der Waals surface area contributed by atoms with Crippen molar-refractivity contribution in [2.45, 2.75) is 45.2 Å². The molecule has 80 heavy (non-hydrogen) atoms. The average Bonchev–Trinajstić information content (AvgIpc) is 4.03. The van der Waals surface area contributed by atoms with Crippen LogP contribution in [0.2, 0.25) is 0 Å². The zero-order valence-corrected chi connectivity index (χ0v) is 48.5. The number of halogens is 2. The van der Waals surface area contributed by atoms with Gasteiger partial charge in [-0.05, 0) is 107 Å². The van der Waals surface area contributed by atoms with Gasteiger partial charge in [0, 0.05) is 124 Å². The van der Waals surface area contributed by atoms with E-state index in [-0.39, 0.29) is 17.6 Å². The van der Waals surface area contributed by atoms with Crippen LogP contribution in [0.15, 0.2) is 110 Å². The number of likely N-dealkylation sites (N-methyl/N-ethyl adjacent to an activating group) is 4. The van der Waals surface area contributed by atoms with Gasteiger partial charge in [-0.25, -0.2) is 19.9 Å². The number of hydrogen-bond acceptors (Lipinski definition) is 15. The molecule has 4 aromatic heterocycles. The maximum absolute atomic E-state index is 12.3. The number of nitrogens with two attached hydrogens (primary N) is 1. The van der Waals surface area contributed by atoms with E-state index in [0.29, 0.717) is 46.3 Å². The zero-order valence-electron chi connectivity index (χ0n) is 46.9. The summed E-state index contributed by atoms with van der Waals surface area (Å²) in [6.07, 6.45) is 14.0. The van der Waals surface area contributed by atoms with Crippen molar-refractivity contribution in [3.63, 3.8) is 0 Å². The molecule has 20 heteroatoms. The van der Waals surface area contributed by atoms with Crippen LogP contribution in [0.1, 0.15) is 30.4 Å². The fraction of sp³-hybridized carbons (Fsp3) is 0.333. The molecule has 0 fully saturated rings. The van der Waals surface area contributed by atoms with Crippen LogP contribution in [0.3, 0.4) is 0 Å². The number of hydrogen-bond donors (Lipinski definition) is 4. The zero-order chi connectivity index (χ0) is 57.0. The molecule has 18 nitrogen and oxygen atoms in total. The number of amides is 1. The molecule has 1 amide bonds. The Kier molecular flexibility index (Phi) is 19.5. The summed E-state index contributed by atoms with van der Waals surface area (Å²) < 4.78 is 16.1. The van der Waals surface area contributed by atoms with Crippen molar-refractivity contribution in [2.24, 2.45) is 0 Å². The van der Waals surface area contributed by atoms with E-state index in [4.69, 9.17) is 48.4 Å². The minimum atomic E-state index is -0.370. The first kappa shape index (κ1) is 58.3. The van der Waals surface area contributed by atoms with E-state index in [9.17, 15) is 9.59 Å². The average molecular weight is 1120 g/mol. The molecule has 8 aromatic rings. The number of alkyl halides is 1. The van der Waals surface area contributed by atoms with Gasteiger partial charge in [0.2, 0.25) is 23.0 Å². The molecule has 4 aromatic carbocycles. The maximum atomic E-state index is 12.3. The fourth-order valence-corrected chi connectivity index (χ4v) is 10.3. The van der Waals surface area contributed by atoms with Gasteiger partial charge in [0.05, 0.1) is 70.8 Å². The van der Waals surface area contributed by atoms with Crippen molar-refractivity contribution in [3.05, 3.63) is 121 Å². The monoisotopic (exact) mass is 1120 g/mol. The summed E-state index contributed by atoms with van der Waals surface area (Å²) in [6.45, 7) is 9.04. The van der Waals surface area contributed by atoms with Gasteiger partial charge in [0.25, 0.3) is 0 Å². The molecule has 0 aliphatic carbocycles. The first-order valence-electron chi connectivity index (χ1n) is 26.6. The number of rotatable bonds is 20. The molecule has 10 rings (SSSR count). The fourth-order valence-electron chi connectivity index (χ4n) is 9.93. The smallest absolute Gasteiger partial charge is 0.247 e. The van der Waals surface area contributed by atoms with Crippen LogP contribution < -0.4 is 41.0 Å². The van der Waals surface area contributed by atoms with E-state index < -0.39 is 0 Å². The number of nitrogens with one attached hydrogen (secondary N) is 3. The number of para-hydroxylation sites is 2. The van der Waals surface area contributed by atoms with E-state index in [2.05, 4.69) is 124 Å². The van der Waals surface area contributed by atoms with Crippen LogP contribution in [0.25, 0.3) is 44.3 Å². The number of aryl methyl sites for hydroxylation is 4. The second-order valence-corrected chi connectivity index (χ2v) is 21.0. The lowest BCUT2D eigenvalue weighted by Crippen LogP contribution is -2.29. The molecule has 6 heterocycles. The molecule has 0 radical (unpaired) electrons. The first-order valence-corrected chi connectivity index (χ1v) is 27.5. The second-order valence-electron chi connectivity index (χ2n) is 20.2. The highest BCUT2D eigenvalue weighted by Crippen LogP contribution is 2.41. The van der Waals surface area contributed by atoms with Crippen molar-refractivity contribution in [1.82, 2.24) is 38.9 Å². The second kappa shape index (κ2) is 26.8. The molecule has 2 aliphatic heterocycles. The van der Waals surface area contributed by atoms with Gasteiger partial charge in [-0.2, -0.15) is 0 Å². The lowest BCUT2D eigenvalue weighted by Gasteiger charge is -2.26. The molecular weight excluding hydrogens is 1050 g/mol. The minimum absolute atomic E-state index is 0.267. The Morgan fingerprint density at radius 2 is 1.18 bits per heavy atom. The highest BCUT2D eigenvalue weighted by atomic mass is 35.5. The SMILES string of the molecule is C=CC(=O)Nc1cc(Nc2nccc(-c3cn4c5c(cccc35)CCC4)n2)c(OC)cc1N(C)CCN(C)C.COc1cc(N(C)CCN(C)C)c(N)cc1Nc1nccc(-c2cn3c4c(cccc24)CCC3)n1.O=C(Cl)CCCl. The number of nitrogen functional groups attached to an aromatic ring is 1.